The topological polar surface area (TPSA) is 35.6 Å². The smallest absolute Gasteiger partial charge is 0.235 e. The van der Waals surface area contributed by atoms with Gasteiger partial charge in [-0.1, -0.05) is 200 Å². The third-order valence-corrected chi connectivity index (χ3v) is 20.2. The molecule has 10 aromatic carbocycles. The molecule has 0 bridgehead atoms. The van der Waals surface area contributed by atoms with Gasteiger partial charge in [-0.25, -0.2) is 9.97 Å². The first-order valence-electron chi connectivity index (χ1n) is 23.8. The Balaban J connectivity index is 1.04. The number of thiophene rings is 1. The highest BCUT2D eigenvalue weighted by molar-refractivity contribution is 7.26. The van der Waals surface area contributed by atoms with Gasteiger partial charge in [-0.05, 0) is 75.3 Å². The summed E-state index contributed by atoms with van der Waals surface area (Å²) in [6, 6.07) is 93.2. The molecule has 0 atom stereocenters. The highest BCUT2D eigenvalue weighted by atomic mass is 32.1. The van der Waals surface area contributed by atoms with E-state index in [0.717, 1.165) is 50.0 Å². The summed E-state index contributed by atoms with van der Waals surface area (Å²) in [7, 11) is -2.85. The van der Waals surface area contributed by atoms with Crippen molar-refractivity contribution < 1.29 is 0 Å². The molecule has 0 saturated carbocycles. The largest absolute Gasteiger partial charge is 0.309 e. The molecule has 0 N–H and O–H groups in total. The molecule has 4 nitrogen and oxygen atoms in total. The molecule has 0 amide bonds. The molecule has 4 aromatic heterocycles. The first kappa shape index (κ1) is 40.4. The Morgan fingerprint density at radius 2 is 0.814 bits per heavy atom. The fraction of sp³-hybridized carbons (Fsp3) is 0. The fourth-order valence-electron chi connectivity index (χ4n) is 11.3. The average Bonchev–Trinajstić information content (AvgIpc) is 4.10. The van der Waals surface area contributed by atoms with Crippen molar-refractivity contribution in [2.45, 2.75) is 0 Å². The Hall–Kier alpha value is -8.68. The zero-order valence-electron chi connectivity index (χ0n) is 37.9. The highest BCUT2D eigenvalue weighted by Crippen LogP contribution is 2.41. The molecule has 70 heavy (non-hydrogen) atoms. The van der Waals surface area contributed by atoms with Crippen LogP contribution in [0.25, 0.3) is 97.9 Å². The van der Waals surface area contributed by atoms with Crippen LogP contribution in [0.4, 0.5) is 0 Å². The number of hydrogen-bond donors (Lipinski definition) is 0. The number of hydrogen-bond acceptors (Lipinski definition) is 3. The van der Waals surface area contributed by atoms with Crippen molar-refractivity contribution in [3.8, 4) is 34.2 Å². The predicted molar refractivity (Wildman–Crippen MR) is 298 cm³/mol. The third-order valence-electron chi connectivity index (χ3n) is 14.3. The molecule has 0 radical (unpaired) electrons. The number of nitrogens with zero attached hydrogens (tertiary/aromatic N) is 4. The first-order chi connectivity index (χ1) is 34.7. The summed E-state index contributed by atoms with van der Waals surface area (Å²) >= 11 is 1.83. The van der Waals surface area contributed by atoms with Gasteiger partial charge >= 0.3 is 0 Å². The second-order valence-electron chi connectivity index (χ2n) is 18.1. The number of aromatic nitrogens is 4. The maximum absolute atomic E-state index is 5.66. The normalized spacial score (nSPS) is 12.0. The van der Waals surface area contributed by atoms with Crippen molar-refractivity contribution in [2.75, 3.05) is 0 Å². The van der Waals surface area contributed by atoms with Gasteiger partial charge in [-0.3, -0.25) is 4.57 Å². The summed E-state index contributed by atoms with van der Waals surface area (Å²) in [6.45, 7) is 0. The number of rotatable bonds is 8. The Morgan fingerprint density at radius 1 is 0.329 bits per heavy atom. The lowest BCUT2D eigenvalue weighted by Crippen LogP contribution is -2.74. The second kappa shape index (κ2) is 16.2. The number of para-hydroxylation sites is 3. The van der Waals surface area contributed by atoms with Crippen LogP contribution in [0.2, 0.25) is 0 Å². The summed E-state index contributed by atoms with van der Waals surface area (Å²) in [5, 5.41) is 12.5. The monoisotopic (exact) mass is 926 g/mol. The van der Waals surface area contributed by atoms with Crippen molar-refractivity contribution in [1.82, 2.24) is 19.1 Å². The van der Waals surface area contributed by atoms with Gasteiger partial charge in [0, 0.05) is 58.5 Å². The minimum atomic E-state index is -2.85. The molecular formula is C64H42N4SSi. The number of fused-ring (bicyclic) bond motifs is 9. The van der Waals surface area contributed by atoms with Crippen molar-refractivity contribution in [3.05, 3.63) is 255 Å². The van der Waals surface area contributed by atoms with Crippen molar-refractivity contribution in [3.63, 3.8) is 0 Å². The first-order valence-corrected chi connectivity index (χ1v) is 26.6. The lowest BCUT2D eigenvalue weighted by Gasteiger charge is -2.34. The molecule has 0 saturated heterocycles. The Kier molecular flexibility index (Phi) is 9.37. The molecule has 328 valence electrons. The Morgan fingerprint density at radius 3 is 1.46 bits per heavy atom. The molecule has 4 heterocycles. The Labute approximate surface area is 409 Å². The molecule has 14 aromatic rings. The fourth-order valence-corrected chi connectivity index (χ4v) is 17.2. The van der Waals surface area contributed by atoms with E-state index in [4.69, 9.17) is 9.97 Å². The van der Waals surface area contributed by atoms with Crippen LogP contribution < -0.4 is 20.7 Å². The van der Waals surface area contributed by atoms with Crippen LogP contribution in [-0.4, -0.2) is 27.2 Å². The Bertz CT molecular complexity index is 4160. The predicted octanol–water partition coefficient (Wildman–Crippen LogP) is 13.8. The second-order valence-corrected chi connectivity index (χ2v) is 23.0. The average molecular weight is 927 g/mol. The summed E-state index contributed by atoms with van der Waals surface area (Å²) in [6.07, 6.45) is 0. The lowest BCUT2D eigenvalue weighted by atomic mass is 10.0. The third kappa shape index (κ3) is 6.20. The van der Waals surface area contributed by atoms with E-state index in [2.05, 4.69) is 264 Å². The SMILES string of the molecule is c1ccc([Si](c2ccccc2)(c2ccccc2)c2cccc(-c3cc(-c4cccc5sc6ccccc6c45)nc(-n4c5ccccc5c5cc(-n6c7ccccc7c7ccccc76)ccc54)n3)c2)cc1. The maximum Gasteiger partial charge on any atom is 0.235 e. The van der Waals surface area contributed by atoms with E-state index >= 15 is 0 Å². The minimum absolute atomic E-state index is 0.628. The molecule has 0 aliphatic carbocycles. The standard InChI is InChI=1S/C64H42N4SSi/c1-4-21-45(22-5-1)70(46-23-6-2-7-24-46,47-25-8-3-9-26-47)48-27-18-20-43(40-48)55-42-56(52-32-19-37-62-63(52)53-31-13-17-36-61(53)69-62)66-64(65-55)68-59-35-16-12-30-51(59)54-41-44(38-39-60(54)68)67-57-33-14-10-28-49(57)50-29-11-15-34-58(50)67/h1-42H. The molecule has 0 fully saturated rings. The molecular weight excluding hydrogens is 885 g/mol. The van der Waals surface area contributed by atoms with Crippen LogP contribution in [0.1, 0.15) is 0 Å². The highest BCUT2D eigenvalue weighted by Gasteiger charge is 2.41. The summed E-state index contributed by atoms with van der Waals surface area (Å²) in [4.78, 5) is 11.3. The van der Waals surface area contributed by atoms with Gasteiger partial charge < -0.3 is 4.57 Å². The quantitative estimate of drug-likeness (QED) is 0.112. The van der Waals surface area contributed by atoms with E-state index in [1.807, 2.05) is 11.3 Å². The van der Waals surface area contributed by atoms with Gasteiger partial charge in [0.2, 0.25) is 5.95 Å². The van der Waals surface area contributed by atoms with E-state index in [1.165, 1.54) is 62.7 Å². The van der Waals surface area contributed by atoms with Gasteiger partial charge in [0.25, 0.3) is 0 Å². The molecule has 14 rings (SSSR count). The minimum Gasteiger partial charge on any atom is -0.309 e. The molecule has 6 heteroatoms. The van der Waals surface area contributed by atoms with Crippen LogP contribution in [0.5, 0.6) is 0 Å². The van der Waals surface area contributed by atoms with E-state index < -0.39 is 8.07 Å². The van der Waals surface area contributed by atoms with Crippen LogP contribution in [-0.2, 0) is 0 Å². The van der Waals surface area contributed by atoms with Gasteiger partial charge in [-0.2, -0.15) is 0 Å². The van der Waals surface area contributed by atoms with Crippen molar-refractivity contribution >= 4 is 104 Å². The summed E-state index contributed by atoms with van der Waals surface area (Å²) < 4.78 is 7.17. The van der Waals surface area contributed by atoms with E-state index in [0.29, 0.717) is 5.95 Å². The lowest BCUT2D eigenvalue weighted by molar-refractivity contribution is 0.996. The number of benzene rings is 10. The van der Waals surface area contributed by atoms with Gasteiger partial charge in [-0.15, -0.1) is 11.3 Å². The van der Waals surface area contributed by atoms with Crippen molar-refractivity contribution in [2.24, 2.45) is 0 Å². The van der Waals surface area contributed by atoms with Gasteiger partial charge in [0.1, 0.15) is 0 Å². The molecule has 0 aliphatic heterocycles. The summed E-state index contributed by atoms with van der Waals surface area (Å²) in [5.41, 5.74) is 9.45. The van der Waals surface area contributed by atoms with Crippen LogP contribution >= 0.6 is 11.3 Å². The van der Waals surface area contributed by atoms with Crippen LogP contribution in [0, 0.1) is 0 Å². The van der Waals surface area contributed by atoms with Crippen LogP contribution in [0.15, 0.2) is 255 Å². The summed E-state index contributed by atoms with van der Waals surface area (Å²) in [5.74, 6) is 0.628. The van der Waals surface area contributed by atoms with Gasteiger partial charge in [0.05, 0.1) is 33.5 Å². The van der Waals surface area contributed by atoms with Crippen LogP contribution in [0.3, 0.4) is 0 Å². The van der Waals surface area contributed by atoms with Gasteiger partial charge in [0.15, 0.2) is 8.07 Å². The zero-order valence-corrected chi connectivity index (χ0v) is 39.8. The van der Waals surface area contributed by atoms with E-state index in [1.54, 1.807) is 0 Å². The van der Waals surface area contributed by atoms with E-state index in [-0.39, 0.29) is 0 Å². The molecule has 0 aliphatic rings. The zero-order chi connectivity index (χ0) is 46.2. The molecule has 0 unspecified atom stereocenters. The maximum atomic E-state index is 5.66. The molecule has 0 spiro atoms. The van der Waals surface area contributed by atoms with Crippen molar-refractivity contribution in [1.29, 1.82) is 0 Å². The van der Waals surface area contributed by atoms with E-state index in [9.17, 15) is 0 Å².